The van der Waals surface area contributed by atoms with E-state index in [1.807, 2.05) is 0 Å². The molecule has 0 N–H and O–H groups in total. The van der Waals surface area contributed by atoms with Gasteiger partial charge >= 0.3 is 0 Å². The third-order valence-electron chi connectivity index (χ3n) is 2.34. The van der Waals surface area contributed by atoms with Crippen LogP contribution in [0.5, 0.6) is 0 Å². The van der Waals surface area contributed by atoms with Crippen molar-refractivity contribution in [3.05, 3.63) is 0 Å². The van der Waals surface area contributed by atoms with Gasteiger partial charge in [-0.2, -0.15) is 0 Å². The van der Waals surface area contributed by atoms with Crippen LogP contribution in [-0.2, 0) is 0 Å². The molecule has 0 saturated carbocycles. The third kappa shape index (κ3) is 3.02. The summed E-state index contributed by atoms with van der Waals surface area (Å²) in [6.45, 7) is 6.44. The molecule has 0 aliphatic carbocycles. The molecule has 0 bridgehead atoms. The zero-order valence-corrected chi connectivity index (χ0v) is 9.40. The van der Waals surface area contributed by atoms with Crippen LogP contribution in [0.3, 0.4) is 0 Å². The summed E-state index contributed by atoms with van der Waals surface area (Å²) in [4.78, 5) is 2.21. The van der Waals surface area contributed by atoms with E-state index in [4.69, 9.17) is 0 Å². The summed E-state index contributed by atoms with van der Waals surface area (Å²) in [7, 11) is 0. The molecule has 1 heterocycles. The molecule has 0 radical (unpaired) electrons. The summed E-state index contributed by atoms with van der Waals surface area (Å²) < 4.78 is 13.4. The van der Waals surface area contributed by atoms with Crippen LogP contribution in [-0.4, -0.2) is 35.5 Å². The average molecular weight is 238 g/mol. The van der Waals surface area contributed by atoms with Crippen molar-refractivity contribution < 1.29 is 4.39 Å². The number of rotatable bonds is 3. The highest BCUT2D eigenvalue weighted by Crippen LogP contribution is 2.25. The maximum absolute atomic E-state index is 13.4. The van der Waals surface area contributed by atoms with Crippen molar-refractivity contribution in [2.45, 2.75) is 25.9 Å². The highest BCUT2D eigenvalue weighted by molar-refractivity contribution is 9.09. The van der Waals surface area contributed by atoms with Gasteiger partial charge in [-0.05, 0) is 19.3 Å². The minimum atomic E-state index is -0.938. The number of hydrogen-bond acceptors (Lipinski definition) is 1. The molecule has 1 rings (SSSR count). The second-order valence-corrected chi connectivity index (χ2v) is 4.81. The Labute approximate surface area is 82.4 Å². The van der Waals surface area contributed by atoms with E-state index in [9.17, 15) is 4.39 Å². The average Bonchev–Trinajstić information content (AvgIpc) is 2.30. The lowest BCUT2D eigenvalue weighted by molar-refractivity contribution is 0.183. The minimum absolute atomic E-state index is 0.615. The highest BCUT2D eigenvalue weighted by Gasteiger charge is 2.33. The number of halogens is 2. The monoisotopic (exact) mass is 237 g/mol. The van der Waals surface area contributed by atoms with Gasteiger partial charge in [-0.1, -0.05) is 22.9 Å². The lowest BCUT2D eigenvalue weighted by Crippen LogP contribution is -2.30. The van der Waals surface area contributed by atoms with Gasteiger partial charge in [0.2, 0.25) is 0 Å². The fraction of sp³-hybridized carbons (Fsp3) is 1.00. The Morgan fingerprint density at radius 2 is 2.33 bits per heavy atom. The van der Waals surface area contributed by atoms with Gasteiger partial charge in [-0.25, -0.2) is 4.39 Å². The van der Waals surface area contributed by atoms with Crippen LogP contribution >= 0.6 is 15.9 Å². The Bertz CT molecular complexity index is 149. The van der Waals surface area contributed by atoms with Crippen LogP contribution < -0.4 is 0 Å². The molecule has 0 aromatic rings. The van der Waals surface area contributed by atoms with Crippen molar-refractivity contribution in [2.75, 3.05) is 25.0 Å². The van der Waals surface area contributed by atoms with E-state index in [1.54, 1.807) is 6.92 Å². The van der Waals surface area contributed by atoms with Gasteiger partial charge in [0.25, 0.3) is 0 Å². The van der Waals surface area contributed by atoms with Gasteiger partial charge in [-0.15, -0.1) is 0 Å². The first kappa shape index (κ1) is 10.5. The number of likely N-dealkylation sites (tertiary alicyclic amines) is 1. The van der Waals surface area contributed by atoms with Crippen LogP contribution in [0.25, 0.3) is 0 Å². The zero-order chi connectivity index (χ0) is 9.19. The number of hydrogen-bond donors (Lipinski definition) is 0. The summed E-state index contributed by atoms with van der Waals surface area (Å²) in [5.41, 5.74) is -0.938. The molecular weight excluding hydrogens is 221 g/mol. The molecule has 1 fully saturated rings. The van der Waals surface area contributed by atoms with E-state index in [-0.39, 0.29) is 0 Å². The van der Waals surface area contributed by atoms with Crippen LogP contribution in [0.4, 0.5) is 4.39 Å². The Morgan fingerprint density at radius 1 is 1.67 bits per heavy atom. The van der Waals surface area contributed by atoms with Gasteiger partial charge in [0.05, 0.1) is 0 Å². The first-order chi connectivity index (χ1) is 5.53. The number of nitrogens with zero attached hydrogens (tertiary/aromatic N) is 1. The lowest BCUT2D eigenvalue weighted by Gasteiger charge is -2.19. The van der Waals surface area contributed by atoms with Gasteiger partial charge in [0, 0.05) is 25.0 Å². The predicted octanol–water partition coefficient (Wildman–Crippen LogP) is 2.45. The van der Waals surface area contributed by atoms with E-state index in [0.717, 1.165) is 18.4 Å². The fourth-order valence-electron chi connectivity index (χ4n) is 1.66. The third-order valence-corrected chi connectivity index (χ3v) is 3.44. The summed E-state index contributed by atoms with van der Waals surface area (Å²) in [5.74, 6) is 0.624. The van der Waals surface area contributed by atoms with Crippen molar-refractivity contribution in [2.24, 2.45) is 5.92 Å². The molecule has 1 aliphatic rings. The molecule has 0 amide bonds. The highest BCUT2D eigenvalue weighted by atomic mass is 79.9. The fourth-order valence-corrected chi connectivity index (χ4v) is 1.87. The largest absolute Gasteiger partial charge is 0.300 e. The Hall–Kier alpha value is 0.370. The second kappa shape index (κ2) is 4.05. The molecule has 0 spiro atoms. The zero-order valence-electron chi connectivity index (χ0n) is 7.82. The molecule has 2 unspecified atom stereocenters. The van der Waals surface area contributed by atoms with Crippen molar-refractivity contribution in [3.63, 3.8) is 0 Å². The van der Waals surface area contributed by atoms with E-state index >= 15 is 0 Å². The van der Waals surface area contributed by atoms with Crippen LogP contribution in [0.1, 0.15) is 20.3 Å². The Morgan fingerprint density at radius 3 is 2.75 bits per heavy atom. The molecule has 0 aromatic heterocycles. The first-order valence-corrected chi connectivity index (χ1v) is 5.63. The van der Waals surface area contributed by atoms with Gasteiger partial charge < -0.3 is 0 Å². The van der Waals surface area contributed by atoms with Crippen LogP contribution in [0, 0.1) is 5.92 Å². The first-order valence-electron chi connectivity index (χ1n) is 4.51. The quantitative estimate of drug-likeness (QED) is 0.682. The van der Waals surface area contributed by atoms with Crippen molar-refractivity contribution in [1.29, 1.82) is 0 Å². The minimum Gasteiger partial charge on any atom is -0.300 e. The van der Waals surface area contributed by atoms with E-state index < -0.39 is 5.67 Å². The molecule has 1 saturated heterocycles. The smallest absolute Gasteiger partial charge is 0.122 e. The van der Waals surface area contributed by atoms with Gasteiger partial charge in [0.1, 0.15) is 5.67 Å². The SMILES string of the molecule is CC(CBr)CN1CCC(C)(F)C1. The van der Waals surface area contributed by atoms with Crippen molar-refractivity contribution >= 4 is 15.9 Å². The molecule has 72 valence electrons. The van der Waals surface area contributed by atoms with Crippen LogP contribution in [0.2, 0.25) is 0 Å². The Balaban J connectivity index is 2.28. The second-order valence-electron chi connectivity index (χ2n) is 4.16. The molecule has 1 aliphatic heterocycles. The summed E-state index contributed by atoms with van der Waals surface area (Å²) in [6, 6.07) is 0. The van der Waals surface area contributed by atoms with Gasteiger partial charge in [-0.3, -0.25) is 4.90 Å². The molecule has 12 heavy (non-hydrogen) atoms. The molecule has 0 aromatic carbocycles. The lowest BCUT2D eigenvalue weighted by atomic mass is 10.1. The molecule has 1 nitrogen and oxygen atoms in total. The van der Waals surface area contributed by atoms with E-state index in [1.165, 1.54) is 0 Å². The molecular formula is C9H17BrFN. The van der Waals surface area contributed by atoms with Gasteiger partial charge in [0.15, 0.2) is 0 Å². The van der Waals surface area contributed by atoms with Crippen molar-refractivity contribution in [3.8, 4) is 0 Å². The summed E-state index contributed by atoms with van der Waals surface area (Å²) in [6.07, 6.45) is 0.696. The van der Waals surface area contributed by atoms with Crippen LogP contribution in [0.15, 0.2) is 0 Å². The molecule has 2 atom stereocenters. The van der Waals surface area contributed by atoms with E-state index in [0.29, 0.717) is 18.9 Å². The normalized spacial score (nSPS) is 34.0. The molecule has 3 heteroatoms. The summed E-state index contributed by atoms with van der Waals surface area (Å²) >= 11 is 3.43. The maximum atomic E-state index is 13.4. The van der Waals surface area contributed by atoms with E-state index in [2.05, 4.69) is 27.8 Å². The predicted molar refractivity (Wildman–Crippen MR) is 53.5 cm³/mol. The standard InChI is InChI=1S/C9H17BrFN/c1-8(5-10)6-12-4-3-9(2,11)7-12/h8H,3-7H2,1-2H3. The topological polar surface area (TPSA) is 3.24 Å². The Kier molecular flexibility index (Phi) is 3.53. The summed E-state index contributed by atoms with van der Waals surface area (Å²) in [5, 5.41) is 1.01. The maximum Gasteiger partial charge on any atom is 0.122 e. The number of alkyl halides is 2. The van der Waals surface area contributed by atoms with Crippen molar-refractivity contribution in [1.82, 2.24) is 4.90 Å².